The molecule has 3 aromatic rings. The number of imidazole rings is 1. The van der Waals surface area contributed by atoms with Crippen LogP contribution in [0.4, 0.5) is 5.82 Å². The smallest absolute Gasteiger partial charge is 0.178 e. The van der Waals surface area contributed by atoms with Crippen LogP contribution >= 0.6 is 0 Å². The van der Waals surface area contributed by atoms with E-state index in [0.29, 0.717) is 17.0 Å². The van der Waals surface area contributed by atoms with Crippen LogP contribution in [0.1, 0.15) is 11.8 Å². The summed E-state index contributed by atoms with van der Waals surface area (Å²) in [6.07, 6.45) is 4.34. The second kappa shape index (κ2) is 6.95. The van der Waals surface area contributed by atoms with E-state index in [2.05, 4.69) is 15.0 Å². The Kier molecular flexibility index (Phi) is 4.29. The van der Waals surface area contributed by atoms with Gasteiger partial charge in [-0.3, -0.25) is 4.57 Å². The van der Waals surface area contributed by atoms with Gasteiger partial charge in [0.25, 0.3) is 0 Å². The molecule has 2 aliphatic rings. The lowest BCUT2D eigenvalue weighted by molar-refractivity contribution is -0.133. The summed E-state index contributed by atoms with van der Waals surface area (Å²) < 4.78 is 19.8. The third-order valence-corrected chi connectivity index (χ3v) is 4.95. The zero-order valence-corrected chi connectivity index (χ0v) is 14.8. The van der Waals surface area contributed by atoms with E-state index in [1.165, 1.54) is 6.33 Å². The number of hydrogen-bond acceptors (Lipinski definition) is 8. The number of fused-ring (bicyclic) bond motifs is 2. The second-order valence-electron chi connectivity index (χ2n) is 6.67. The van der Waals surface area contributed by atoms with Crippen LogP contribution in [0, 0.1) is 0 Å². The molecule has 4 heterocycles. The first kappa shape index (κ1) is 17.3. The summed E-state index contributed by atoms with van der Waals surface area (Å²) in [7, 11) is 0. The van der Waals surface area contributed by atoms with E-state index in [9.17, 15) is 5.11 Å². The van der Waals surface area contributed by atoms with Crippen LogP contribution in [0.5, 0.6) is 0 Å². The van der Waals surface area contributed by atoms with E-state index in [1.807, 2.05) is 42.5 Å². The van der Waals surface area contributed by atoms with E-state index < -0.39 is 30.8 Å². The molecule has 2 saturated heterocycles. The number of nitrogens with zero attached hydrogens (tertiary/aromatic N) is 4. The number of aliphatic hydroxyl groups is 1. The molecule has 2 fully saturated rings. The van der Waals surface area contributed by atoms with Crippen LogP contribution < -0.4 is 5.73 Å². The molecule has 5 atom stereocenters. The minimum atomic E-state index is -0.545. The van der Waals surface area contributed by atoms with E-state index in [4.69, 9.17) is 19.9 Å². The Hall–Kier alpha value is -2.85. The molecule has 2 aliphatic heterocycles. The molecule has 0 radical (unpaired) electrons. The molecule has 0 amide bonds. The van der Waals surface area contributed by atoms with Crippen molar-refractivity contribution < 1.29 is 19.3 Å². The number of nitrogen functional groups attached to an aromatic ring is 1. The van der Waals surface area contributed by atoms with Crippen molar-refractivity contribution in [3.05, 3.63) is 54.6 Å². The van der Waals surface area contributed by atoms with Gasteiger partial charge < -0.3 is 25.1 Å². The number of ether oxygens (including phenoxy) is 3. The number of hydrogen-bond donors (Lipinski definition) is 2. The second-order valence-corrected chi connectivity index (χ2v) is 6.67. The van der Waals surface area contributed by atoms with Crippen molar-refractivity contribution in [3.63, 3.8) is 0 Å². The van der Waals surface area contributed by atoms with Crippen LogP contribution in [-0.4, -0.2) is 55.8 Å². The van der Waals surface area contributed by atoms with Crippen LogP contribution in [-0.2, 0) is 14.2 Å². The Morgan fingerprint density at radius 1 is 1.07 bits per heavy atom. The zero-order valence-electron chi connectivity index (χ0n) is 14.8. The van der Waals surface area contributed by atoms with Crippen molar-refractivity contribution in [1.29, 1.82) is 0 Å². The Labute approximate surface area is 160 Å². The third-order valence-electron chi connectivity index (χ3n) is 4.95. The normalized spacial score (nSPS) is 29.7. The highest BCUT2D eigenvalue weighted by atomic mass is 16.8. The Balaban J connectivity index is 1.42. The maximum atomic E-state index is 9.73. The molecule has 9 heteroatoms. The highest BCUT2D eigenvalue weighted by Gasteiger charge is 2.53. The first-order valence-electron chi connectivity index (χ1n) is 8.98. The van der Waals surface area contributed by atoms with Crippen molar-refractivity contribution in [2.45, 2.75) is 30.8 Å². The molecule has 0 aliphatic carbocycles. The topological polar surface area (TPSA) is 118 Å². The number of rotatable bonds is 4. The fourth-order valence-corrected chi connectivity index (χ4v) is 3.63. The highest BCUT2D eigenvalue weighted by molar-refractivity contribution is 5.81. The van der Waals surface area contributed by atoms with Gasteiger partial charge in [-0.25, -0.2) is 15.0 Å². The molecule has 2 aromatic heterocycles. The van der Waals surface area contributed by atoms with Gasteiger partial charge >= 0.3 is 0 Å². The largest absolute Gasteiger partial charge is 0.394 e. The van der Waals surface area contributed by atoms with Crippen LogP contribution in [0.25, 0.3) is 17.2 Å². The zero-order chi connectivity index (χ0) is 19.1. The molecule has 144 valence electrons. The molecular formula is C19H19N5O4. The van der Waals surface area contributed by atoms with E-state index in [0.717, 1.165) is 5.56 Å². The number of nitrogens with two attached hydrogens (primary N) is 1. The molecule has 1 aromatic carbocycles. The quantitative estimate of drug-likeness (QED) is 0.690. The van der Waals surface area contributed by atoms with Crippen LogP contribution in [0.15, 0.2) is 49.1 Å². The molecule has 3 unspecified atom stereocenters. The maximum absolute atomic E-state index is 9.73. The van der Waals surface area contributed by atoms with Gasteiger partial charge in [0, 0.05) is 0 Å². The molecule has 28 heavy (non-hydrogen) atoms. The standard InChI is InChI=1S/C19H19N5O4/c20-17-14-18(22-9-21-17)24(10-23-14)19-16-15(12(8-25)26-19)27-13(28-16)7-6-11-4-2-1-3-5-11/h1-7,9-10,12-13,15-16,19,25H,8H2,(H2,20,21,22)/b7-6+/t12-,13?,15?,16?,19-/m1/s1. The van der Waals surface area contributed by atoms with Gasteiger partial charge in [0.1, 0.15) is 30.2 Å². The van der Waals surface area contributed by atoms with Crippen molar-refractivity contribution in [3.8, 4) is 0 Å². The lowest BCUT2D eigenvalue weighted by Crippen LogP contribution is -2.30. The lowest BCUT2D eigenvalue weighted by Gasteiger charge is -2.19. The summed E-state index contributed by atoms with van der Waals surface area (Å²) in [4.78, 5) is 12.5. The first-order valence-corrected chi connectivity index (χ1v) is 8.98. The summed E-state index contributed by atoms with van der Waals surface area (Å²) in [6, 6.07) is 9.89. The third kappa shape index (κ3) is 2.85. The van der Waals surface area contributed by atoms with E-state index in [1.54, 1.807) is 10.9 Å². The molecule has 9 nitrogen and oxygen atoms in total. The average molecular weight is 381 g/mol. The number of aliphatic hydroxyl groups excluding tert-OH is 1. The summed E-state index contributed by atoms with van der Waals surface area (Å²) in [5, 5.41) is 9.73. The predicted molar refractivity (Wildman–Crippen MR) is 99.7 cm³/mol. The molecule has 0 bridgehead atoms. The van der Waals surface area contributed by atoms with Crippen molar-refractivity contribution in [2.75, 3.05) is 12.3 Å². The molecule has 5 rings (SSSR count). The van der Waals surface area contributed by atoms with Crippen molar-refractivity contribution >= 4 is 23.1 Å². The summed E-state index contributed by atoms with van der Waals surface area (Å²) in [6.45, 7) is -0.181. The van der Waals surface area contributed by atoms with Gasteiger partial charge in [-0.05, 0) is 11.6 Å². The summed E-state index contributed by atoms with van der Waals surface area (Å²) in [5.41, 5.74) is 7.96. The van der Waals surface area contributed by atoms with Gasteiger partial charge in [0.15, 0.2) is 24.0 Å². The van der Waals surface area contributed by atoms with Crippen LogP contribution in [0.2, 0.25) is 0 Å². The number of aromatic nitrogens is 4. The molecule has 0 saturated carbocycles. The van der Waals surface area contributed by atoms with Gasteiger partial charge in [-0.1, -0.05) is 36.4 Å². The molecule has 3 N–H and O–H groups in total. The van der Waals surface area contributed by atoms with Gasteiger partial charge in [-0.15, -0.1) is 0 Å². The minimum Gasteiger partial charge on any atom is -0.394 e. The predicted octanol–water partition coefficient (Wildman–Crippen LogP) is 1.12. The fourth-order valence-electron chi connectivity index (χ4n) is 3.63. The maximum Gasteiger partial charge on any atom is 0.178 e. The lowest BCUT2D eigenvalue weighted by atomic mass is 10.1. The molecule has 0 spiro atoms. The summed E-state index contributed by atoms with van der Waals surface area (Å²) in [5.74, 6) is 0.296. The number of anilines is 1. The average Bonchev–Trinajstić information content (AvgIpc) is 3.41. The minimum absolute atomic E-state index is 0.181. The fraction of sp³-hybridized carbons (Fsp3) is 0.316. The van der Waals surface area contributed by atoms with Crippen molar-refractivity contribution in [2.24, 2.45) is 0 Å². The van der Waals surface area contributed by atoms with Crippen molar-refractivity contribution in [1.82, 2.24) is 19.5 Å². The Morgan fingerprint density at radius 2 is 1.89 bits per heavy atom. The van der Waals surface area contributed by atoms with E-state index >= 15 is 0 Å². The first-order chi connectivity index (χ1) is 13.7. The van der Waals surface area contributed by atoms with Crippen LogP contribution in [0.3, 0.4) is 0 Å². The van der Waals surface area contributed by atoms with Gasteiger partial charge in [0.05, 0.1) is 12.9 Å². The van der Waals surface area contributed by atoms with E-state index in [-0.39, 0.29) is 6.61 Å². The Bertz CT molecular complexity index is 1010. The Morgan fingerprint density at radius 3 is 2.71 bits per heavy atom. The highest BCUT2D eigenvalue weighted by Crippen LogP contribution is 2.40. The monoisotopic (exact) mass is 381 g/mol. The molecular weight excluding hydrogens is 362 g/mol. The number of benzene rings is 1. The van der Waals surface area contributed by atoms with Gasteiger partial charge in [-0.2, -0.15) is 0 Å². The van der Waals surface area contributed by atoms with Gasteiger partial charge in [0.2, 0.25) is 0 Å². The summed E-state index contributed by atoms with van der Waals surface area (Å²) >= 11 is 0. The SMILES string of the molecule is Nc1ncnc2c1ncn2[C@@H]1O[C@H](CO)C2OC(/C=C/c3ccccc3)OC21.